The lowest BCUT2D eigenvalue weighted by Gasteiger charge is -2.11. The monoisotopic (exact) mass is 337 g/mol. The summed E-state index contributed by atoms with van der Waals surface area (Å²) < 4.78 is 37.4. The lowest BCUT2D eigenvalue weighted by Crippen LogP contribution is -2.38. The predicted octanol–water partition coefficient (Wildman–Crippen LogP) is 1.31. The first-order chi connectivity index (χ1) is 10.2. The molecule has 0 bridgehead atoms. The normalized spacial score (nSPS) is 12.2. The number of hydrogen-bond acceptors (Lipinski definition) is 4. The minimum atomic E-state index is -4.44. The van der Waals surface area contributed by atoms with Crippen LogP contribution >= 0.6 is 11.3 Å². The van der Waals surface area contributed by atoms with Crippen LogP contribution in [-0.2, 0) is 17.5 Å². The molecule has 0 aliphatic rings. The second-order valence-electron chi connectivity index (χ2n) is 4.46. The van der Waals surface area contributed by atoms with Gasteiger partial charge in [0, 0.05) is 26.0 Å². The lowest BCUT2D eigenvalue weighted by atomic mass is 10.5. The molecule has 0 saturated heterocycles. The van der Waals surface area contributed by atoms with Crippen molar-refractivity contribution in [3.63, 3.8) is 0 Å². The maximum absolute atomic E-state index is 12.5. The molecule has 0 atom stereocenters. The maximum Gasteiger partial charge on any atom is 0.434 e. The smallest absolute Gasteiger partial charge is 0.357 e. The Morgan fingerprint density at radius 3 is 2.59 bits per heavy atom. The summed E-state index contributed by atoms with van der Waals surface area (Å²) in [6.07, 6.45) is -4.44. The number of nitrogens with one attached hydrogen (secondary N) is 2. The van der Waals surface area contributed by atoms with Gasteiger partial charge in [0.1, 0.15) is 11.6 Å². The van der Waals surface area contributed by atoms with Gasteiger partial charge in [0.05, 0.1) is 6.54 Å². The molecule has 6 nitrogen and oxygen atoms in total. The van der Waals surface area contributed by atoms with Gasteiger partial charge in [-0.25, -0.2) is 9.98 Å². The summed E-state index contributed by atoms with van der Waals surface area (Å²) in [5.74, 6) is 0.173. The Bertz CT molecular complexity index is 527. The van der Waals surface area contributed by atoms with Crippen molar-refractivity contribution in [2.45, 2.75) is 19.6 Å². The number of nitrogens with zero attached hydrogens (tertiary/aromatic N) is 3. The van der Waals surface area contributed by atoms with Crippen LogP contribution in [0.3, 0.4) is 0 Å². The largest absolute Gasteiger partial charge is 0.434 e. The first-order valence-electron chi connectivity index (χ1n) is 6.48. The molecular weight excluding hydrogens is 319 g/mol. The quantitative estimate of drug-likeness (QED) is 0.628. The SMILES string of the molecule is CCNC(=NCC(=O)N(C)C)NCc1nc(C(F)(F)F)cs1. The van der Waals surface area contributed by atoms with Crippen molar-refractivity contribution in [1.29, 1.82) is 0 Å². The minimum Gasteiger partial charge on any atom is -0.357 e. The number of carbonyl (C=O) groups is 1. The number of rotatable bonds is 5. The standard InChI is InChI=1S/C12H18F3N5OS/c1-4-16-11(18-6-10(21)20(2)3)17-5-9-19-8(7-22-9)12(13,14)15/h7H,4-6H2,1-3H3,(H2,16,17,18). The molecule has 0 spiro atoms. The van der Waals surface area contributed by atoms with Crippen molar-refractivity contribution in [2.24, 2.45) is 4.99 Å². The molecule has 1 heterocycles. The second kappa shape index (κ2) is 7.97. The molecule has 1 aromatic rings. The zero-order valence-electron chi connectivity index (χ0n) is 12.5. The van der Waals surface area contributed by atoms with Gasteiger partial charge >= 0.3 is 6.18 Å². The van der Waals surface area contributed by atoms with Crippen molar-refractivity contribution < 1.29 is 18.0 Å². The molecule has 22 heavy (non-hydrogen) atoms. The van der Waals surface area contributed by atoms with Crippen molar-refractivity contribution in [2.75, 3.05) is 27.2 Å². The highest BCUT2D eigenvalue weighted by atomic mass is 32.1. The van der Waals surface area contributed by atoms with E-state index in [0.29, 0.717) is 12.5 Å². The molecule has 1 rings (SSSR count). The molecular formula is C12H18F3N5OS. The van der Waals surface area contributed by atoms with Gasteiger partial charge < -0.3 is 15.5 Å². The number of alkyl halides is 3. The molecule has 0 fully saturated rings. The topological polar surface area (TPSA) is 69.6 Å². The fraction of sp³-hybridized carbons (Fsp3) is 0.583. The van der Waals surface area contributed by atoms with Gasteiger partial charge in [0.2, 0.25) is 5.91 Å². The van der Waals surface area contributed by atoms with E-state index in [0.717, 1.165) is 16.7 Å². The molecule has 0 radical (unpaired) electrons. The van der Waals surface area contributed by atoms with E-state index >= 15 is 0 Å². The number of carbonyl (C=O) groups excluding carboxylic acids is 1. The second-order valence-corrected chi connectivity index (χ2v) is 5.40. The van der Waals surface area contributed by atoms with Crippen LogP contribution in [0.4, 0.5) is 13.2 Å². The molecule has 10 heteroatoms. The molecule has 0 saturated carbocycles. The van der Waals surface area contributed by atoms with Crippen LogP contribution in [0.2, 0.25) is 0 Å². The summed E-state index contributed by atoms with van der Waals surface area (Å²) in [4.78, 5) is 20.4. The van der Waals surface area contributed by atoms with E-state index in [1.807, 2.05) is 6.92 Å². The van der Waals surface area contributed by atoms with Gasteiger partial charge in [-0.05, 0) is 6.92 Å². The van der Waals surface area contributed by atoms with Crippen LogP contribution < -0.4 is 10.6 Å². The Hall–Kier alpha value is -1.84. The van der Waals surface area contributed by atoms with Gasteiger partial charge in [0.15, 0.2) is 11.7 Å². The number of amides is 1. The number of likely N-dealkylation sites (N-methyl/N-ethyl adjacent to an activating group) is 1. The van der Waals surface area contributed by atoms with Crippen LogP contribution in [-0.4, -0.2) is 48.9 Å². The molecule has 1 amide bonds. The van der Waals surface area contributed by atoms with Gasteiger partial charge in [-0.1, -0.05) is 0 Å². The first kappa shape index (κ1) is 18.2. The van der Waals surface area contributed by atoms with E-state index in [1.54, 1.807) is 14.1 Å². The van der Waals surface area contributed by atoms with Gasteiger partial charge in [-0.15, -0.1) is 11.3 Å². The Kier molecular flexibility index (Phi) is 6.60. The number of thiazole rings is 1. The summed E-state index contributed by atoms with van der Waals surface area (Å²) in [7, 11) is 3.23. The average molecular weight is 337 g/mol. The number of aromatic nitrogens is 1. The van der Waals surface area contributed by atoms with Crippen LogP contribution in [0.15, 0.2) is 10.4 Å². The molecule has 1 aromatic heterocycles. The van der Waals surface area contributed by atoms with Crippen LogP contribution in [0, 0.1) is 0 Å². The highest BCUT2D eigenvalue weighted by Gasteiger charge is 2.33. The Morgan fingerprint density at radius 2 is 2.09 bits per heavy atom. The third-order valence-electron chi connectivity index (χ3n) is 2.46. The van der Waals surface area contributed by atoms with E-state index in [1.165, 1.54) is 4.90 Å². The van der Waals surface area contributed by atoms with Crippen molar-refractivity contribution in [1.82, 2.24) is 20.5 Å². The Morgan fingerprint density at radius 1 is 1.41 bits per heavy atom. The summed E-state index contributed by atoms with van der Waals surface area (Å²) in [5.41, 5.74) is -0.904. The Balaban J connectivity index is 2.62. The van der Waals surface area contributed by atoms with Gasteiger partial charge in [-0.3, -0.25) is 4.79 Å². The number of halogens is 3. The van der Waals surface area contributed by atoms with Crippen molar-refractivity contribution >= 4 is 23.2 Å². The summed E-state index contributed by atoms with van der Waals surface area (Å²) in [6, 6.07) is 0. The highest BCUT2D eigenvalue weighted by molar-refractivity contribution is 7.09. The molecule has 2 N–H and O–H groups in total. The minimum absolute atomic E-state index is 0.0476. The van der Waals surface area contributed by atoms with Crippen LogP contribution in [0.5, 0.6) is 0 Å². The zero-order chi connectivity index (χ0) is 16.8. The van der Waals surface area contributed by atoms with E-state index in [2.05, 4.69) is 20.6 Å². The third-order valence-corrected chi connectivity index (χ3v) is 3.31. The maximum atomic E-state index is 12.5. The van der Waals surface area contributed by atoms with E-state index in [9.17, 15) is 18.0 Å². The lowest BCUT2D eigenvalue weighted by molar-refractivity contribution is -0.140. The fourth-order valence-corrected chi connectivity index (χ4v) is 2.05. The first-order valence-corrected chi connectivity index (χ1v) is 7.36. The number of aliphatic imine (C=N–C) groups is 1. The molecule has 0 aliphatic carbocycles. The molecule has 0 aromatic carbocycles. The zero-order valence-corrected chi connectivity index (χ0v) is 13.3. The summed E-state index contributed by atoms with van der Waals surface area (Å²) >= 11 is 0.914. The molecule has 124 valence electrons. The van der Waals surface area contributed by atoms with E-state index in [4.69, 9.17) is 0 Å². The van der Waals surface area contributed by atoms with Gasteiger partial charge in [0.25, 0.3) is 0 Å². The van der Waals surface area contributed by atoms with E-state index in [-0.39, 0.29) is 24.0 Å². The predicted molar refractivity (Wildman–Crippen MR) is 78.6 cm³/mol. The van der Waals surface area contributed by atoms with Crippen LogP contribution in [0.25, 0.3) is 0 Å². The summed E-state index contributed by atoms with van der Waals surface area (Å²) in [6.45, 7) is 2.46. The Labute approximate surface area is 130 Å². The number of guanidine groups is 1. The fourth-order valence-electron chi connectivity index (χ4n) is 1.31. The summed E-state index contributed by atoms with van der Waals surface area (Å²) in [5, 5.41) is 7.01. The number of hydrogen-bond donors (Lipinski definition) is 2. The van der Waals surface area contributed by atoms with Gasteiger partial charge in [-0.2, -0.15) is 13.2 Å². The van der Waals surface area contributed by atoms with Crippen LogP contribution in [0.1, 0.15) is 17.6 Å². The molecule has 0 unspecified atom stereocenters. The highest BCUT2D eigenvalue weighted by Crippen LogP contribution is 2.29. The van der Waals surface area contributed by atoms with E-state index < -0.39 is 11.9 Å². The average Bonchev–Trinajstić information content (AvgIpc) is 2.90. The van der Waals surface area contributed by atoms with Crippen molar-refractivity contribution in [3.05, 3.63) is 16.1 Å². The third kappa shape index (κ3) is 5.88. The van der Waals surface area contributed by atoms with Crippen molar-refractivity contribution in [3.8, 4) is 0 Å². The molecule has 0 aliphatic heterocycles.